The molecule has 3 rings (SSSR count). The van der Waals surface area contributed by atoms with E-state index in [0.717, 1.165) is 11.3 Å². The van der Waals surface area contributed by atoms with Crippen LogP contribution in [0.25, 0.3) is 0 Å². The summed E-state index contributed by atoms with van der Waals surface area (Å²) in [6, 6.07) is 14.2. The van der Waals surface area contributed by atoms with Crippen LogP contribution in [0.1, 0.15) is 16.7 Å². The third kappa shape index (κ3) is 4.43. The van der Waals surface area contributed by atoms with Gasteiger partial charge in [0.15, 0.2) is 0 Å². The summed E-state index contributed by atoms with van der Waals surface area (Å²) < 4.78 is 32.9. The van der Waals surface area contributed by atoms with Gasteiger partial charge >= 0.3 is 0 Å². The van der Waals surface area contributed by atoms with Crippen molar-refractivity contribution in [2.45, 2.75) is 25.7 Å². The average molecular weight is 398 g/mol. The molecule has 0 fully saturated rings. The number of methoxy groups -OCH3 is 1. The zero-order valence-corrected chi connectivity index (χ0v) is 17.1. The lowest BCUT2D eigenvalue weighted by Crippen LogP contribution is -2.13. The van der Waals surface area contributed by atoms with Crippen LogP contribution in [-0.2, 0) is 10.0 Å². The summed E-state index contributed by atoms with van der Waals surface area (Å²) in [5.74, 6) is 1.27. The molecule has 0 aliphatic carbocycles. The Kier molecular flexibility index (Phi) is 5.56. The van der Waals surface area contributed by atoms with Gasteiger partial charge in [-0.2, -0.15) is 0 Å². The smallest absolute Gasteiger partial charge is 0.261 e. The van der Waals surface area contributed by atoms with Crippen molar-refractivity contribution in [1.29, 1.82) is 0 Å². The molecular formula is C21H23N3O3S. The molecule has 7 heteroatoms. The van der Waals surface area contributed by atoms with Gasteiger partial charge in [-0.3, -0.25) is 4.72 Å². The van der Waals surface area contributed by atoms with Crippen LogP contribution in [0.4, 0.5) is 17.2 Å². The molecule has 28 heavy (non-hydrogen) atoms. The highest BCUT2D eigenvalue weighted by Crippen LogP contribution is 2.24. The summed E-state index contributed by atoms with van der Waals surface area (Å²) in [6.07, 6.45) is 1.48. The van der Waals surface area contributed by atoms with Crippen molar-refractivity contribution < 1.29 is 13.2 Å². The summed E-state index contributed by atoms with van der Waals surface area (Å²) in [5, 5.41) is 3.21. The number of sulfonamides is 1. The molecule has 3 aromatic rings. The van der Waals surface area contributed by atoms with Gasteiger partial charge in [-0.15, -0.1) is 0 Å². The number of hydrogen-bond acceptors (Lipinski definition) is 5. The monoisotopic (exact) mass is 397 g/mol. The largest absolute Gasteiger partial charge is 0.496 e. The zero-order chi connectivity index (χ0) is 20.3. The van der Waals surface area contributed by atoms with E-state index >= 15 is 0 Å². The molecule has 1 aromatic heterocycles. The molecule has 0 radical (unpaired) electrons. The van der Waals surface area contributed by atoms with Crippen LogP contribution in [0.5, 0.6) is 5.75 Å². The van der Waals surface area contributed by atoms with Crippen molar-refractivity contribution in [3.8, 4) is 5.75 Å². The van der Waals surface area contributed by atoms with Crippen LogP contribution in [0.3, 0.4) is 0 Å². The molecule has 2 N–H and O–H groups in total. The van der Waals surface area contributed by atoms with E-state index in [2.05, 4.69) is 21.9 Å². The molecule has 1 heterocycles. The maximum absolute atomic E-state index is 12.6. The number of benzene rings is 2. The minimum absolute atomic E-state index is 0.170. The summed E-state index contributed by atoms with van der Waals surface area (Å²) in [4.78, 5) is 4.46. The van der Waals surface area contributed by atoms with Gasteiger partial charge in [0.05, 0.1) is 23.9 Å². The SMILES string of the molecule is COc1ccc(S(=O)(=O)Nc2ccc(Nc3ccc(C)c(C)c3)nc2)cc1C. The Morgan fingerprint density at radius 1 is 0.857 bits per heavy atom. The second-order valence-electron chi connectivity index (χ2n) is 6.59. The van der Waals surface area contributed by atoms with Crippen LogP contribution < -0.4 is 14.8 Å². The predicted octanol–water partition coefficient (Wildman–Crippen LogP) is 4.56. The number of nitrogens with one attached hydrogen (secondary N) is 2. The predicted molar refractivity (Wildman–Crippen MR) is 112 cm³/mol. The first-order chi connectivity index (χ1) is 13.3. The number of hydrogen-bond donors (Lipinski definition) is 2. The number of rotatable bonds is 6. The molecule has 6 nitrogen and oxygen atoms in total. The minimum atomic E-state index is -3.71. The molecule has 0 aliphatic rings. The van der Waals surface area contributed by atoms with Crippen LogP contribution in [-0.4, -0.2) is 20.5 Å². The summed E-state index contributed by atoms with van der Waals surface area (Å²) in [6.45, 7) is 5.90. The van der Waals surface area contributed by atoms with Crippen LogP contribution >= 0.6 is 0 Å². The molecule has 0 atom stereocenters. The summed E-state index contributed by atoms with van der Waals surface area (Å²) >= 11 is 0. The van der Waals surface area contributed by atoms with Crippen LogP contribution in [0, 0.1) is 20.8 Å². The normalized spacial score (nSPS) is 11.1. The Morgan fingerprint density at radius 2 is 1.61 bits per heavy atom. The second kappa shape index (κ2) is 7.90. The highest BCUT2D eigenvalue weighted by Gasteiger charge is 2.16. The maximum Gasteiger partial charge on any atom is 0.261 e. The Hall–Kier alpha value is -3.06. The Labute approximate surface area is 165 Å². The molecule has 0 saturated heterocycles. The molecule has 0 bridgehead atoms. The average Bonchev–Trinajstić information content (AvgIpc) is 2.66. The number of aromatic nitrogens is 1. The third-order valence-electron chi connectivity index (χ3n) is 4.47. The van der Waals surface area contributed by atoms with E-state index in [9.17, 15) is 8.42 Å². The van der Waals surface area contributed by atoms with Gasteiger partial charge in [-0.25, -0.2) is 13.4 Å². The zero-order valence-electron chi connectivity index (χ0n) is 16.3. The molecule has 0 spiro atoms. The highest BCUT2D eigenvalue weighted by atomic mass is 32.2. The Bertz CT molecular complexity index is 1090. The van der Waals surface area contributed by atoms with E-state index < -0.39 is 10.0 Å². The van der Waals surface area contributed by atoms with Gasteiger partial charge in [0.2, 0.25) is 0 Å². The molecule has 146 valence electrons. The van der Waals surface area contributed by atoms with Crippen molar-refractivity contribution in [3.63, 3.8) is 0 Å². The van der Waals surface area contributed by atoms with Crippen molar-refractivity contribution in [1.82, 2.24) is 4.98 Å². The highest BCUT2D eigenvalue weighted by molar-refractivity contribution is 7.92. The molecule has 0 unspecified atom stereocenters. The van der Waals surface area contributed by atoms with Gasteiger partial charge in [0.1, 0.15) is 11.6 Å². The third-order valence-corrected chi connectivity index (χ3v) is 5.85. The first-order valence-corrected chi connectivity index (χ1v) is 10.2. The quantitative estimate of drug-likeness (QED) is 0.637. The minimum Gasteiger partial charge on any atom is -0.496 e. The first kappa shape index (κ1) is 19.7. The number of pyridine rings is 1. The lowest BCUT2D eigenvalue weighted by molar-refractivity contribution is 0.411. The second-order valence-corrected chi connectivity index (χ2v) is 8.28. The van der Waals surface area contributed by atoms with Gasteiger partial charge in [0, 0.05) is 5.69 Å². The maximum atomic E-state index is 12.6. The van der Waals surface area contributed by atoms with E-state index in [-0.39, 0.29) is 4.90 Å². The molecular weight excluding hydrogens is 374 g/mol. The van der Waals surface area contributed by atoms with Crippen molar-refractivity contribution in [2.75, 3.05) is 17.1 Å². The van der Waals surface area contributed by atoms with Gasteiger partial charge in [-0.1, -0.05) is 6.07 Å². The summed E-state index contributed by atoms with van der Waals surface area (Å²) in [7, 11) is -2.16. The molecule has 0 aliphatic heterocycles. The number of anilines is 3. The van der Waals surface area contributed by atoms with E-state index in [1.807, 2.05) is 25.1 Å². The molecule has 2 aromatic carbocycles. The van der Waals surface area contributed by atoms with Crippen molar-refractivity contribution >= 4 is 27.2 Å². The van der Waals surface area contributed by atoms with E-state index in [4.69, 9.17) is 4.74 Å². The first-order valence-electron chi connectivity index (χ1n) is 8.76. The number of aryl methyl sites for hydroxylation is 3. The Balaban J connectivity index is 1.74. The van der Waals surface area contributed by atoms with E-state index in [1.54, 1.807) is 38.3 Å². The fourth-order valence-electron chi connectivity index (χ4n) is 2.73. The van der Waals surface area contributed by atoms with E-state index in [1.165, 1.54) is 23.4 Å². The Morgan fingerprint density at radius 3 is 2.21 bits per heavy atom. The summed E-state index contributed by atoms with van der Waals surface area (Å²) in [5.41, 5.74) is 4.47. The standard InChI is InChI=1S/C21H23N3O3S/c1-14-5-6-17(11-15(14)2)23-21-10-7-18(13-22-21)24-28(25,26)19-8-9-20(27-4)16(3)12-19/h5-13,24H,1-4H3,(H,22,23). The van der Waals surface area contributed by atoms with Crippen LogP contribution in [0.15, 0.2) is 59.6 Å². The van der Waals surface area contributed by atoms with Gasteiger partial charge in [-0.05, 0) is 79.9 Å². The van der Waals surface area contributed by atoms with Gasteiger partial charge in [0.25, 0.3) is 10.0 Å². The lowest BCUT2D eigenvalue weighted by Gasteiger charge is -2.11. The molecule has 0 amide bonds. The fourth-order valence-corrected chi connectivity index (χ4v) is 3.86. The molecule has 0 saturated carbocycles. The van der Waals surface area contributed by atoms with Crippen molar-refractivity contribution in [2.24, 2.45) is 0 Å². The topological polar surface area (TPSA) is 80.3 Å². The van der Waals surface area contributed by atoms with Crippen LogP contribution in [0.2, 0.25) is 0 Å². The van der Waals surface area contributed by atoms with E-state index in [0.29, 0.717) is 17.3 Å². The number of ether oxygens (including phenoxy) is 1. The fraction of sp³-hybridized carbons (Fsp3) is 0.190. The van der Waals surface area contributed by atoms with Gasteiger partial charge < -0.3 is 10.1 Å². The number of nitrogens with zero attached hydrogens (tertiary/aromatic N) is 1. The lowest BCUT2D eigenvalue weighted by atomic mass is 10.1. The van der Waals surface area contributed by atoms with Crippen molar-refractivity contribution in [3.05, 3.63) is 71.4 Å².